The molecule has 3 rings (SSSR count). The Hall–Kier alpha value is -2.23. The summed E-state index contributed by atoms with van der Waals surface area (Å²) in [5, 5.41) is 11.5. The molecule has 5 nitrogen and oxygen atoms in total. The number of nitrogens with one attached hydrogen (secondary N) is 1. The summed E-state index contributed by atoms with van der Waals surface area (Å²) in [7, 11) is -5.42. The van der Waals surface area contributed by atoms with Gasteiger partial charge in [-0.25, -0.2) is 17.3 Å². The normalized spacial score (nSPS) is 15.4. The van der Waals surface area contributed by atoms with Gasteiger partial charge in [-0.3, -0.25) is 0 Å². The first-order valence-electron chi connectivity index (χ1n) is 10.9. The highest BCUT2D eigenvalue weighted by Crippen LogP contribution is 2.38. The minimum Gasteiger partial charge on any atom is -0.242 e. The van der Waals surface area contributed by atoms with Crippen LogP contribution in [0.25, 0.3) is 20.2 Å². The molecule has 1 aromatic heterocycles. The third-order valence-electron chi connectivity index (χ3n) is 5.78. The fourth-order valence-electron chi connectivity index (χ4n) is 3.50. The molecular formula is C26H30N2O3S3. The Morgan fingerprint density at radius 2 is 1.59 bits per heavy atom. The molecule has 0 bridgehead atoms. The minimum absolute atomic E-state index is 0.373. The van der Waals surface area contributed by atoms with Gasteiger partial charge in [0.2, 0.25) is 0 Å². The number of hydrogen-bond donors (Lipinski definition) is 1. The van der Waals surface area contributed by atoms with Gasteiger partial charge in [-0.05, 0) is 84.4 Å². The Morgan fingerprint density at radius 1 is 1.00 bits per heavy atom. The van der Waals surface area contributed by atoms with E-state index in [4.69, 9.17) is 0 Å². The topological polar surface area (TPSA) is 87.0 Å². The molecule has 34 heavy (non-hydrogen) atoms. The SMILES string of the molecule is CC#Cc1ccc2sc3ccc([C@](C)(CS(=O)(=O)C(C)(C)C#N)NS(=O)C(C)(C)C)cc3c2c1. The van der Waals surface area contributed by atoms with Crippen molar-refractivity contribution in [3.8, 4) is 17.9 Å². The van der Waals surface area contributed by atoms with E-state index in [2.05, 4.69) is 16.6 Å². The van der Waals surface area contributed by atoms with Crippen molar-refractivity contribution < 1.29 is 12.6 Å². The molecule has 1 unspecified atom stereocenters. The number of nitriles is 1. The highest BCUT2D eigenvalue weighted by Gasteiger charge is 2.43. The molecule has 0 aliphatic carbocycles. The summed E-state index contributed by atoms with van der Waals surface area (Å²) in [6, 6.07) is 13.8. The summed E-state index contributed by atoms with van der Waals surface area (Å²) in [6.07, 6.45) is 0. The average Bonchev–Trinajstić information content (AvgIpc) is 3.10. The van der Waals surface area contributed by atoms with Crippen molar-refractivity contribution in [1.82, 2.24) is 4.72 Å². The van der Waals surface area contributed by atoms with Crippen LogP contribution >= 0.6 is 11.3 Å². The van der Waals surface area contributed by atoms with Crippen molar-refractivity contribution in [1.29, 1.82) is 5.26 Å². The molecule has 0 spiro atoms. The maximum atomic E-state index is 13.3. The first kappa shape index (κ1) is 26.4. The van der Waals surface area contributed by atoms with E-state index in [0.717, 1.165) is 25.7 Å². The predicted molar refractivity (Wildman–Crippen MR) is 144 cm³/mol. The quantitative estimate of drug-likeness (QED) is 0.446. The van der Waals surface area contributed by atoms with Gasteiger partial charge in [-0.1, -0.05) is 12.0 Å². The second-order valence-corrected chi connectivity index (χ2v) is 15.7. The molecule has 180 valence electrons. The molecule has 3 aromatic rings. The van der Waals surface area contributed by atoms with Gasteiger partial charge < -0.3 is 0 Å². The summed E-state index contributed by atoms with van der Waals surface area (Å²) in [4.78, 5) is 0. The zero-order valence-electron chi connectivity index (χ0n) is 20.6. The molecular weight excluding hydrogens is 484 g/mol. The summed E-state index contributed by atoms with van der Waals surface area (Å²) in [5.74, 6) is 5.64. The zero-order chi connectivity index (χ0) is 25.5. The van der Waals surface area contributed by atoms with Gasteiger partial charge in [0.15, 0.2) is 14.6 Å². The number of thiophene rings is 1. The molecule has 0 saturated carbocycles. The third kappa shape index (κ3) is 5.06. The second kappa shape index (κ2) is 9.09. The molecule has 0 amide bonds. The zero-order valence-corrected chi connectivity index (χ0v) is 23.0. The number of hydrogen-bond acceptors (Lipinski definition) is 5. The first-order chi connectivity index (χ1) is 15.6. The molecule has 1 heterocycles. The molecule has 0 saturated heterocycles. The van der Waals surface area contributed by atoms with Crippen LogP contribution in [-0.4, -0.2) is 27.9 Å². The summed E-state index contributed by atoms with van der Waals surface area (Å²) in [5.41, 5.74) is 0.420. The summed E-state index contributed by atoms with van der Waals surface area (Å²) in [6.45, 7) is 11.8. The van der Waals surface area contributed by atoms with Crippen LogP contribution in [0, 0.1) is 23.2 Å². The number of sulfone groups is 1. The third-order valence-corrected chi connectivity index (χ3v) is 11.3. The molecule has 0 radical (unpaired) electrons. The smallest absolute Gasteiger partial charge is 0.170 e. The van der Waals surface area contributed by atoms with Gasteiger partial charge in [0.1, 0.15) is 0 Å². The van der Waals surface area contributed by atoms with E-state index < -0.39 is 35.9 Å². The average molecular weight is 515 g/mol. The van der Waals surface area contributed by atoms with Crippen LogP contribution in [0.3, 0.4) is 0 Å². The van der Waals surface area contributed by atoms with Crippen molar-refractivity contribution in [2.24, 2.45) is 0 Å². The number of nitrogens with zero attached hydrogens (tertiary/aromatic N) is 1. The van der Waals surface area contributed by atoms with E-state index in [-0.39, 0.29) is 5.75 Å². The Labute approximate surface area is 209 Å². The van der Waals surface area contributed by atoms with Crippen molar-refractivity contribution >= 4 is 52.3 Å². The predicted octanol–water partition coefficient (Wildman–Crippen LogP) is 5.41. The van der Waals surface area contributed by atoms with Gasteiger partial charge >= 0.3 is 0 Å². The monoisotopic (exact) mass is 514 g/mol. The molecule has 0 aliphatic rings. The van der Waals surface area contributed by atoms with E-state index in [1.807, 2.05) is 63.2 Å². The second-order valence-electron chi connectivity index (χ2n) is 10.1. The van der Waals surface area contributed by atoms with Crippen LogP contribution in [0.15, 0.2) is 36.4 Å². The Bertz CT molecular complexity index is 1490. The molecule has 0 aliphatic heterocycles. The summed E-state index contributed by atoms with van der Waals surface area (Å²) < 4.78 is 42.8. The van der Waals surface area contributed by atoms with Crippen LogP contribution in [0.2, 0.25) is 0 Å². The van der Waals surface area contributed by atoms with E-state index in [1.165, 1.54) is 13.8 Å². The van der Waals surface area contributed by atoms with Gasteiger partial charge in [0, 0.05) is 25.7 Å². The minimum atomic E-state index is -3.88. The Morgan fingerprint density at radius 3 is 2.15 bits per heavy atom. The van der Waals surface area contributed by atoms with E-state index in [9.17, 15) is 17.9 Å². The lowest BCUT2D eigenvalue weighted by Crippen LogP contribution is -2.52. The fourth-order valence-corrected chi connectivity index (χ4v) is 7.06. The summed E-state index contributed by atoms with van der Waals surface area (Å²) >= 11 is 1.66. The largest absolute Gasteiger partial charge is 0.242 e. The van der Waals surface area contributed by atoms with Gasteiger partial charge in [-0.2, -0.15) is 5.26 Å². The van der Waals surface area contributed by atoms with Crippen molar-refractivity contribution in [3.05, 3.63) is 47.5 Å². The highest BCUT2D eigenvalue weighted by molar-refractivity contribution is 7.93. The highest BCUT2D eigenvalue weighted by atomic mass is 32.2. The van der Waals surface area contributed by atoms with Crippen molar-refractivity contribution in [2.75, 3.05) is 5.75 Å². The number of rotatable bonds is 6. The van der Waals surface area contributed by atoms with Crippen molar-refractivity contribution in [2.45, 2.75) is 63.5 Å². The van der Waals surface area contributed by atoms with E-state index >= 15 is 0 Å². The van der Waals surface area contributed by atoms with Crippen LogP contribution in [-0.2, 0) is 26.4 Å². The molecule has 0 fully saturated rings. The maximum absolute atomic E-state index is 13.3. The maximum Gasteiger partial charge on any atom is 0.170 e. The van der Waals surface area contributed by atoms with Crippen molar-refractivity contribution in [3.63, 3.8) is 0 Å². The van der Waals surface area contributed by atoms with Crippen LogP contribution in [0.1, 0.15) is 59.6 Å². The Kier molecular flexibility index (Phi) is 7.05. The van der Waals surface area contributed by atoms with E-state index in [1.54, 1.807) is 25.2 Å². The molecule has 2 atom stereocenters. The van der Waals surface area contributed by atoms with Crippen LogP contribution in [0.5, 0.6) is 0 Å². The molecule has 2 aromatic carbocycles. The first-order valence-corrected chi connectivity index (χ1v) is 14.5. The lowest BCUT2D eigenvalue weighted by atomic mass is 9.93. The van der Waals surface area contributed by atoms with Gasteiger partial charge in [-0.15, -0.1) is 17.3 Å². The standard InChI is InChI=1S/C26H30N2O3S3/c1-8-9-18-10-12-22-20(14-18)21-15-19(11-13-23(21)32-22)26(7,28-33(29)24(2,3)4)17-34(30,31)25(5,6)16-27/h10-15,28H,17H2,1-7H3/t26-,33?/m0/s1. The lowest BCUT2D eigenvalue weighted by Gasteiger charge is -2.35. The Balaban J connectivity index is 2.23. The van der Waals surface area contributed by atoms with Gasteiger partial charge in [0.05, 0.1) is 33.1 Å². The molecule has 1 N–H and O–H groups in total. The lowest BCUT2D eigenvalue weighted by molar-refractivity contribution is 0.473. The van der Waals surface area contributed by atoms with E-state index in [0.29, 0.717) is 5.56 Å². The number of fused-ring (bicyclic) bond motifs is 3. The van der Waals surface area contributed by atoms with Crippen LogP contribution in [0.4, 0.5) is 0 Å². The fraction of sp³-hybridized carbons (Fsp3) is 0.423. The number of benzene rings is 2. The van der Waals surface area contributed by atoms with Gasteiger partial charge in [0.25, 0.3) is 0 Å². The molecule has 8 heteroatoms. The van der Waals surface area contributed by atoms with Crippen LogP contribution < -0.4 is 4.72 Å².